The van der Waals surface area contributed by atoms with E-state index in [2.05, 4.69) is 24.4 Å². The fourth-order valence-corrected chi connectivity index (χ4v) is 3.38. The summed E-state index contributed by atoms with van der Waals surface area (Å²) in [7, 11) is 0. The molecule has 0 saturated heterocycles. The van der Waals surface area contributed by atoms with Gasteiger partial charge < -0.3 is 21.9 Å². The van der Waals surface area contributed by atoms with Crippen LogP contribution in [0.3, 0.4) is 0 Å². The van der Waals surface area contributed by atoms with Crippen LogP contribution in [0.4, 0.5) is 0 Å². The van der Waals surface area contributed by atoms with Gasteiger partial charge in [-0.3, -0.25) is 9.59 Å². The zero-order chi connectivity index (χ0) is 22.3. The summed E-state index contributed by atoms with van der Waals surface area (Å²) in [5.41, 5.74) is 0. The van der Waals surface area contributed by atoms with Crippen LogP contribution in [0, 0.1) is 0 Å². The van der Waals surface area contributed by atoms with Gasteiger partial charge in [0.15, 0.2) is 0 Å². The van der Waals surface area contributed by atoms with Crippen molar-refractivity contribution in [3.63, 3.8) is 0 Å². The molecule has 3 N–H and O–H groups in total. The summed E-state index contributed by atoms with van der Waals surface area (Å²) in [6.45, 7) is 3.32. The summed E-state index contributed by atoms with van der Waals surface area (Å²) in [6, 6.07) is 0. The molecule has 1 amide bonds. The number of hydrogen-bond donors (Lipinski definition) is 3. The Labute approximate surface area is 214 Å². The molecule has 0 fully saturated rings. The fraction of sp³-hybridized carbons (Fsp3) is 0.833. The first kappa shape index (κ1) is 32.8. The molecule has 0 aromatic rings. The molecule has 0 spiro atoms. The SMILES string of the molecule is CCCCCCCC/C=C\CCCCCCCC(=O)N(CCNCCO)CC(=O)O.[H-].[Na+]. The number of nitrogens with zero attached hydrogens (tertiary/aromatic N) is 1. The molecule has 0 saturated carbocycles. The number of carboxylic acid groups (broad SMARTS) is 1. The summed E-state index contributed by atoms with van der Waals surface area (Å²) in [5.74, 6) is -1.09. The average molecular weight is 451 g/mol. The summed E-state index contributed by atoms with van der Waals surface area (Å²) in [6.07, 6.45) is 20.8. The van der Waals surface area contributed by atoms with E-state index in [0.29, 0.717) is 26.1 Å². The Morgan fingerprint density at radius 2 is 1.42 bits per heavy atom. The van der Waals surface area contributed by atoms with Crippen LogP contribution in [0.5, 0.6) is 0 Å². The van der Waals surface area contributed by atoms with E-state index in [1.54, 1.807) is 0 Å². The third-order valence-electron chi connectivity index (χ3n) is 5.18. The number of aliphatic carboxylic acids is 1. The van der Waals surface area contributed by atoms with Crippen molar-refractivity contribution in [2.75, 3.05) is 32.8 Å². The summed E-state index contributed by atoms with van der Waals surface area (Å²) >= 11 is 0. The Hall–Kier alpha value is -0.400. The van der Waals surface area contributed by atoms with Crippen LogP contribution in [0.25, 0.3) is 0 Å². The largest absolute Gasteiger partial charge is 1.00 e. The number of nitrogens with one attached hydrogen (secondary N) is 1. The minimum Gasteiger partial charge on any atom is -1.00 e. The van der Waals surface area contributed by atoms with Crippen molar-refractivity contribution in [3.8, 4) is 0 Å². The van der Waals surface area contributed by atoms with E-state index in [0.717, 1.165) is 25.7 Å². The molecular formula is C24H47N2NaO4. The molecule has 31 heavy (non-hydrogen) atoms. The van der Waals surface area contributed by atoms with Crippen molar-refractivity contribution in [1.82, 2.24) is 10.2 Å². The number of carbonyl (C=O) groups is 2. The normalized spacial score (nSPS) is 10.9. The van der Waals surface area contributed by atoms with E-state index in [1.165, 1.54) is 62.7 Å². The molecule has 0 unspecified atom stereocenters. The first-order valence-electron chi connectivity index (χ1n) is 12.1. The van der Waals surface area contributed by atoms with E-state index in [-0.39, 0.29) is 50.0 Å². The molecule has 0 bridgehead atoms. The molecule has 0 aliphatic rings. The molecule has 0 aliphatic carbocycles. The predicted molar refractivity (Wildman–Crippen MR) is 125 cm³/mol. The van der Waals surface area contributed by atoms with Crippen LogP contribution in [0.15, 0.2) is 12.2 Å². The van der Waals surface area contributed by atoms with Gasteiger partial charge in [0.05, 0.1) is 6.61 Å². The minimum absolute atomic E-state index is 0. The van der Waals surface area contributed by atoms with E-state index in [1.807, 2.05) is 0 Å². The van der Waals surface area contributed by atoms with Gasteiger partial charge in [-0.05, 0) is 32.1 Å². The maximum absolute atomic E-state index is 12.3. The van der Waals surface area contributed by atoms with Crippen molar-refractivity contribution in [1.29, 1.82) is 0 Å². The maximum Gasteiger partial charge on any atom is 1.00 e. The van der Waals surface area contributed by atoms with Gasteiger partial charge >= 0.3 is 35.5 Å². The predicted octanol–water partition coefficient (Wildman–Crippen LogP) is 1.64. The zero-order valence-electron chi connectivity index (χ0n) is 21.2. The smallest absolute Gasteiger partial charge is 1.00 e. The molecule has 0 radical (unpaired) electrons. The zero-order valence-corrected chi connectivity index (χ0v) is 22.2. The van der Waals surface area contributed by atoms with Gasteiger partial charge in [0.2, 0.25) is 5.91 Å². The van der Waals surface area contributed by atoms with Gasteiger partial charge in [-0.1, -0.05) is 70.4 Å². The molecule has 0 atom stereocenters. The second-order valence-corrected chi connectivity index (χ2v) is 8.02. The van der Waals surface area contributed by atoms with Crippen LogP contribution in [-0.2, 0) is 9.59 Å². The first-order valence-corrected chi connectivity index (χ1v) is 12.1. The number of aliphatic hydroxyl groups is 1. The van der Waals surface area contributed by atoms with Crippen LogP contribution in [-0.4, -0.2) is 59.8 Å². The minimum atomic E-state index is -0.991. The molecule has 0 aromatic carbocycles. The second-order valence-electron chi connectivity index (χ2n) is 8.02. The van der Waals surface area contributed by atoms with Crippen molar-refractivity contribution in [2.45, 2.75) is 96.8 Å². The van der Waals surface area contributed by atoms with Gasteiger partial charge in [-0.2, -0.15) is 0 Å². The standard InChI is InChI=1S/C24H46N2O4.Na.H/c1-2-3-4-5-6-7-8-9-10-11-12-13-14-15-16-17-23(28)26(22-24(29)30)20-18-25-19-21-27;;/h9-10,25,27H,2-8,11-22H2,1H3,(H,29,30);;/q;+1;-1/b10-9-;;. The van der Waals surface area contributed by atoms with Crippen LogP contribution >= 0.6 is 0 Å². The van der Waals surface area contributed by atoms with Gasteiger partial charge in [0, 0.05) is 26.1 Å². The number of hydrogen-bond acceptors (Lipinski definition) is 4. The monoisotopic (exact) mass is 450 g/mol. The summed E-state index contributed by atoms with van der Waals surface area (Å²) in [5, 5.41) is 20.7. The Morgan fingerprint density at radius 3 is 1.97 bits per heavy atom. The van der Waals surface area contributed by atoms with Crippen molar-refractivity contribution >= 4 is 11.9 Å². The number of allylic oxidation sites excluding steroid dienone is 2. The topological polar surface area (TPSA) is 89.9 Å². The van der Waals surface area contributed by atoms with E-state index in [9.17, 15) is 9.59 Å². The van der Waals surface area contributed by atoms with E-state index in [4.69, 9.17) is 10.2 Å². The van der Waals surface area contributed by atoms with Crippen molar-refractivity contribution < 1.29 is 50.8 Å². The van der Waals surface area contributed by atoms with Gasteiger partial charge in [0.25, 0.3) is 0 Å². The fourth-order valence-electron chi connectivity index (χ4n) is 3.38. The molecule has 178 valence electrons. The Bertz CT molecular complexity index is 454. The van der Waals surface area contributed by atoms with E-state index >= 15 is 0 Å². The number of carboxylic acids is 1. The second kappa shape index (κ2) is 25.9. The number of rotatable bonds is 22. The number of unbranched alkanes of at least 4 members (excludes halogenated alkanes) is 11. The Balaban J connectivity index is -0.00000420. The van der Waals surface area contributed by atoms with Crippen molar-refractivity contribution in [2.24, 2.45) is 0 Å². The van der Waals surface area contributed by atoms with Gasteiger partial charge in [-0.15, -0.1) is 0 Å². The number of amides is 1. The average Bonchev–Trinajstić information content (AvgIpc) is 2.72. The Morgan fingerprint density at radius 1 is 0.871 bits per heavy atom. The summed E-state index contributed by atoms with van der Waals surface area (Å²) < 4.78 is 0. The van der Waals surface area contributed by atoms with Crippen molar-refractivity contribution in [3.05, 3.63) is 12.2 Å². The Kier molecular flexibility index (Phi) is 27.3. The van der Waals surface area contributed by atoms with Crippen LogP contribution in [0.1, 0.15) is 98.2 Å². The number of aliphatic hydroxyl groups excluding tert-OH is 1. The molecule has 0 aromatic heterocycles. The van der Waals surface area contributed by atoms with Crippen LogP contribution in [0.2, 0.25) is 0 Å². The van der Waals surface area contributed by atoms with Gasteiger partial charge in [0.1, 0.15) is 6.54 Å². The molecule has 0 rings (SSSR count). The first-order chi connectivity index (χ1) is 14.6. The maximum atomic E-state index is 12.3. The van der Waals surface area contributed by atoms with E-state index < -0.39 is 5.97 Å². The molecule has 6 nitrogen and oxygen atoms in total. The third-order valence-corrected chi connectivity index (χ3v) is 5.18. The summed E-state index contributed by atoms with van der Waals surface area (Å²) in [4.78, 5) is 24.6. The molecule has 0 aliphatic heterocycles. The molecular weight excluding hydrogens is 403 g/mol. The number of carbonyl (C=O) groups excluding carboxylic acids is 1. The van der Waals surface area contributed by atoms with Gasteiger partial charge in [-0.25, -0.2) is 0 Å². The van der Waals surface area contributed by atoms with Crippen LogP contribution < -0.4 is 34.9 Å². The quantitative estimate of drug-likeness (QED) is 0.133. The molecule has 7 heteroatoms. The molecule has 0 heterocycles. The third kappa shape index (κ3) is 24.1.